The summed E-state index contributed by atoms with van der Waals surface area (Å²) >= 11 is 1.80. The van der Waals surface area contributed by atoms with E-state index in [2.05, 4.69) is 9.71 Å². The molecule has 6 heteroatoms. The molecule has 3 rings (SSSR count). The van der Waals surface area contributed by atoms with Crippen molar-refractivity contribution in [2.45, 2.75) is 43.4 Å². The highest BCUT2D eigenvalue weighted by Crippen LogP contribution is 2.27. The van der Waals surface area contributed by atoms with Crippen LogP contribution in [-0.2, 0) is 29.3 Å². The highest BCUT2D eigenvalue weighted by Gasteiger charge is 2.15. The first-order chi connectivity index (χ1) is 10.6. The molecule has 4 nitrogen and oxygen atoms in total. The Balaban J connectivity index is 1.50. The van der Waals surface area contributed by atoms with Gasteiger partial charge in [-0.3, -0.25) is 0 Å². The Morgan fingerprint density at radius 3 is 2.68 bits per heavy atom. The minimum absolute atomic E-state index is 0.319. The van der Waals surface area contributed by atoms with Gasteiger partial charge in [0.15, 0.2) is 0 Å². The Bertz CT molecular complexity index is 700. The molecule has 0 atom stereocenters. The van der Waals surface area contributed by atoms with Crippen LogP contribution < -0.4 is 4.72 Å². The van der Waals surface area contributed by atoms with Crippen LogP contribution in [0.15, 0.2) is 35.2 Å². The summed E-state index contributed by atoms with van der Waals surface area (Å²) in [6.45, 7) is 0.446. The Hall–Kier alpha value is -1.24. The van der Waals surface area contributed by atoms with Crippen molar-refractivity contribution >= 4 is 21.4 Å². The van der Waals surface area contributed by atoms with Crippen molar-refractivity contribution in [3.05, 3.63) is 45.9 Å². The standard InChI is InChI=1S/C16H20N2O2S2/c19-22(20,13-7-2-1-3-8-13)17-12-6-11-16-18-14-9-4-5-10-15(14)21-16/h1-3,7-8,17H,4-6,9-12H2. The highest BCUT2D eigenvalue weighted by molar-refractivity contribution is 7.89. The van der Waals surface area contributed by atoms with Crippen LogP contribution in [0.25, 0.3) is 0 Å². The number of thiazole rings is 1. The molecule has 1 aromatic heterocycles. The Kier molecular flexibility index (Phi) is 4.90. The molecule has 1 N–H and O–H groups in total. The van der Waals surface area contributed by atoms with Crippen molar-refractivity contribution in [1.82, 2.24) is 9.71 Å². The summed E-state index contributed by atoms with van der Waals surface area (Å²) in [5.74, 6) is 0. The predicted molar refractivity (Wildman–Crippen MR) is 88.7 cm³/mol. The van der Waals surface area contributed by atoms with Gasteiger partial charge in [0, 0.05) is 17.8 Å². The normalized spacial score (nSPS) is 14.7. The molecule has 0 saturated heterocycles. The summed E-state index contributed by atoms with van der Waals surface area (Å²) in [5, 5.41) is 1.14. The van der Waals surface area contributed by atoms with Gasteiger partial charge in [-0.1, -0.05) is 18.2 Å². The Labute approximate surface area is 135 Å². The summed E-state index contributed by atoms with van der Waals surface area (Å²) in [6, 6.07) is 8.49. The molecule has 0 bridgehead atoms. The lowest BCUT2D eigenvalue weighted by atomic mass is 10.0. The number of aromatic nitrogens is 1. The first kappa shape index (κ1) is 15.6. The minimum Gasteiger partial charge on any atom is -0.246 e. The lowest BCUT2D eigenvalue weighted by Gasteiger charge is -2.06. The predicted octanol–water partition coefficient (Wildman–Crippen LogP) is 2.93. The van der Waals surface area contributed by atoms with E-state index in [4.69, 9.17) is 0 Å². The Morgan fingerprint density at radius 1 is 1.14 bits per heavy atom. The second kappa shape index (κ2) is 6.89. The summed E-state index contributed by atoms with van der Waals surface area (Å²) < 4.78 is 26.8. The fourth-order valence-corrected chi connectivity index (χ4v) is 4.94. The van der Waals surface area contributed by atoms with Crippen LogP contribution in [0.4, 0.5) is 0 Å². The van der Waals surface area contributed by atoms with E-state index < -0.39 is 10.0 Å². The van der Waals surface area contributed by atoms with Gasteiger partial charge in [-0.25, -0.2) is 18.1 Å². The zero-order valence-electron chi connectivity index (χ0n) is 12.4. The molecule has 1 aliphatic rings. The van der Waals surface area contributed by atoms with Crippen molar-refractivity contribution in [2.75, 3.05) is 6.54 Å². The highest BCUT2D eigenvalue weighted by atomic mass is 32.2. The maximum Gasteiger partial charge on any atom is 0.240 e. The average molecular weight is 336 g/mol. The van der Waals surface area contributed by atoms with E-state index in [1.165, 1.54) is 23.4 Å². The third-order valence-corrected chi connectivity index (χ3v) is 6.50. The van der Waals surface area contributed by atoms with E-state index in [1.807, 2.05) is 6.07 Å². The third kappa shape index (κ3) is 3.74. The molecular weight excluding hydrogens is 316 g/mol. The van der Waals surface area contributed by atoms with Gasteiger partial charge < -0.3 is 0 Å². The molecule has 1 aromatic carbocycles. The topological polar surface area (TPSA) is 59.1 Å². The zero-order valence-corrected chi connectivity index (χ0v) is 14.0. The van der Waals surface area contributed by atoms with Crippen molar-refractivity contribution < 1.29 is 8.42 Å². The summed E-state index contributed by atoms with van der Waals surface area (Å²) in [5.41, 5.74) is 1.27. The van der Waals surface area contributed by atoms with E-state index in [9.17, 15) is 8.42 Å². The quantitative estimate of drug-likeness (QED) is 0.825. The van der Waals surface area contributed by atoms with Crippen molar-refractivity contribution in [3.8, 4) is 0 Å². The van der Waals surface area contributed by atoms with Crippen LogP contribution >= 0.6 is 11.3 Å². The lowest BCUT2D eigenvalue weighted by Crippen LogP contribution is -2.25. The van der Waals surface area contributed by atoms with E-state index in [1.54, 1.807) is 35.6 Å². The number of sulfonamides is 1. The van der Waals surface area contributed by atoms with Crippen molar-refractivity contribution in [1.29, 1.82) is 0 Å². The van der Waals surface area contributed by atoms with Crippen LogP contribution in [0.1, 0.15) is 34.8 Å². The van der Waals surface area contributed by atoms with Crippen molar-refractivity contribution in [2.24, 2.45) is 0 Å². The second-order valence-electron chi connectivity index (χ2n) is 5.50. The molecule has 0 spiro atoms. The number of rotatable bonds is 6. The molecule has 0 aliphatic heterocycles. The SMILES string of the molecule is O=S(=O)(NCCCc1nc2c(s1)CCCC2)c1ccccc1. The number of aryl methyl sites for hydroxylation is 3. The molecule has 0 unspecified atom stereocenters. The maximum absolute atomic E-state index is 12.1. The van der Waals surface area contributed by atoms with Gasteiger partial charge in [0.2, 0.25) is 10.0 Å². The number of benzene rings is 1. The first-order valence-corrected chi connectivity index (χ1v) is 9.97. The molecule has 0 radical (unpaired) electrons. The van der Waals surface area contributed by atoms with Gasteiger partial charge in [0.05, 0.1) is 15.6 Å². The zero-order chi connectivity index (χ0) is 15.4. The van der Waals surface area contributed by atoms with Gasteiger partial charge in [0.1, 0.15) is 0 Å². The maximum atomic E-state index is 12.1. The van der Waals surface area contributed by atoms with Gasteiger partial charge in [-0.15, -0.1) is 11.3 Å². The number of hydrogen-bond donors (Lipinski definition) is 1. The molecule has 1 heterocycles. The molecule has 1 aliphatic carbocycles. The fourth-order valence-electron chi connectivity index (χ4n) is 2.64. The van der Waals surface area contributed by atoms with Gasteiger partial charge >= 0.3 is 0 Å². The number of nitrogens with zero attached hydrogens (tertiary/aromatic N) is 1. The van der Waals surface area contributed by atoms with Gasteiger partial charge in [-0.2, -0.15) is 0 Å². The number of nitrogens with one attached hydrogen (secondary N) is 1. The van der Waals surface area contributed by atoms with Crippen LogP contribution in [0.2, 0.25) is 0 Å². The molecular formula is C16H20N2O2S2. The number of fused-ring (bicyclic) bond motifs is 1. The monoisotopic (exact) mass is 336 g/mol. The average Bonchev–Trinajstić information content (AvgIpc) is 2.95. The molecule has 0 amide bonds. The molecule has 2 aromatic rings. The van der Waals surface area contributed by atoms with E-state index in [-0.39, 0.29) is 0 Å². The lowest BCUT2D eigenvalue weighted by molar-refractivity contribution is 0.579. The van der Waals surface area contributed by atoms with Gasteiger partial charge in [-0.05, 0) is 44.2 Å². The third-order valence-electron chi connectivity index (χ3n) is 3.80. The van der Waals surface area contributed by atoms with Crippen LogP contribution in [0.5, 0.6) is 0 Å². The minimum atomic E-state index is -3.38. The number of hydrogen-bond acceptors (Lipinski definition) is 4. The fraction of sp³-hybridized carbons (Fsp3) is 0.438. The molecule has 0 saturated carbocycles. The van der Waals surface area contributed by atoms with Gasteiger partial charge in [0.25, 0.3) is 0 Å². The first-order valence-electron chi connectivity index (χ1n) is 7.67. The Morgan fingerprint density at radius 2 is 1.91 bits per heavy atom. The second-order valence-corrected chi connectivity index (χ2v) is 8.43. The molecule has 118 valence electrons. The summed E-state index contributed by atoms with van der Waals surface area (Å²) in [6.07, 6.45) is 6.39. The van der Waals surface area contributed by atoms with Crippen molar-refractivity contribution in [3.63, 3.8) is 0 Å². The van der Waals surface area contributed by atoms with Crippen LogP contribution in [0.3, 0.4) is 0 Å². The smallest absolute Gasteiger partial charge is 0.240 e. The largest absolute Gasteiger partial charge is 0.246 e. The molecule has 22 heavy (non-hydrogen) atoms. The summed E-state index contributed by atoms with van der Waals surface area (Å²) in [7, 11) is -3.38. The molecule has 0 fully saturated rings. The summed E-state index contributed by atoms with van der Waals surface area (Å²) in [4.78, 5) is 6.44. The van der Waals surface area contributed by atoms with E-state index in [0.717, 1.165) is 30.7 Å². The van der Waals surface area contributed by atoms with Crippen LogP contribution in [0, 0.1) is 0 Å². The van der Waals surface area contributed by atoms with E-state index in [0.29, 0.717) is 11.4 Å². The van der Waals surface area contributed by atoms with E-state index >= 15 is 0 Å². The van der Waals surface area contributed by atoms with Crippen LogP contribution in [-0.4, -0.2) is 19.9 Å².